The van der Waals surface area contributed by atoms with Gasteiger partial charge in [-0.3, -0.25) is 4.79 Å². The molecule has 0 aromatic heterocycles. The van der Waals surface area contributed by atoms with Gasteiger partial charge in [0.15, 0.2) is 0 Å². The highest BCUT2D eigenvalue weighted by Gasteiger charge is 2.29. The Morgan fingerprint density at radius 3 is 2.45 bits per heavy atom. The molecule has 60 valence electrons. The zero-order valence-electron chi connectivity index (χ0n) is 6.42. The van der Waals surface area contributed by atoms with E-state index < -0.39 is 0 Å². The van der Waals surface area contributed by atoms with Crippen molar-refractivity contribution in [2.45, 2.75) is 12.8 Å². The Labute approximate surface area is 65.9 Å². The van der Waals surface area contributed by atoms with E-state index in [0.717, 1.165) is 31.5 Å². The molecule has 2 N–H and O–H groups in total. The Balaban J connectivity index is 2.27. The second kappa shape index (κ2) is 2.26. The molecule has 0 aromatic carbocycles. The molecule has 11 heavy (non-hydrogen) atoms. The van der Waals surface area contributed by atoms with Crippen molar-refractivity contribution in [2.75, 3.05) is 13.1 Å². The number of piperidine rings is 1. The smallest absolute Gasteiger partial charge is 0.246 e. The summed E-state index contributed by atoms with van der Waals surface area (Å²) < 4.78 is 0. The number of amides is 1. The van der Waals surface area contributed by atoms with Crippen LogP contribution < -0.4 is 5.73 Å². The molecule has 3 aliphatic heterocycles. The molecule has 0 aromatic rings. The number of fused-ring (bicyclic) bond motifs is 2. The summed E-state index contributed by atoms with van der Waals surface area (Å²) >= 11 is 0. The fourth-order valence-corrected chi connectivity index (χ4v) is 1.91. The molecule has 3 rings (SSSR count). The van der Waals surface area contributed by atoms with E-state index in [2.05, 4.69) is 4.90 Å². The molecular formula is C8H12N2O. The Kier molecular flexibility index (Phi) is 1.37. The van der Waals surface area contributed by atoms with Crippen LogP contribution in [-0.2, 0) is 4.79 Å². The molecule has 3 heteroatoms. The molecule has 1 saturated heterocycles. The van der Waals surface area contributed by atoms with Crippen LogP contribution in [0.4, 0.5) is 0 Å². The number of carbonyl (C=O) groups is 1. The first kappa shape index (κ1) is 6.70. The molecule has 0 atom stereocenters. The quantitative estimate of drug-likeness (QED) is 0.578. The van der Waals surface area contributed by atoms with Gasteiger partial charge in [-0.1, -0.05) is 0 Å². The Morgan fingerprint density at radius 1 is 1.55 bits per heavy atom. The largest absolute Gasteiger partial charge is 0.377 e. The SMILES string of the molecule is NC(=O)C1=CN2CCC1CC2. The molecular weight excluding hydrogens is 140 g/mol. The molecule has 1 amide bonds. The van der Waals surface area contributed by atoms with Gasteiger partial charge in [0.2, 0.25) is 5.91 Å². The number of nitrogens with two attached hydrogens (primary N) is 1. The predicted octanol–water partition coefficient (Wildman–Crippen LogP) is 0.0812. The first-order valence-corrected chi connectivity index (χ1v) is 4.03. The van der Waals surface area contributed by atoms with Gasteiger partial charge in [-0.2, -0.15) is 0 Å². The van der Waals surface area contributed by atoms with E-state index in [-0.39, 0.29) is 5.91 Å². The second-order valence-electron chi connectivity index (χ2n) is 3.26. The average Bonchev–Trinajstić information content (AvgIpc) is 2.06. The van der Waals surface area contributed by atoms with E-state index in [1.807, 2.05) is 6.20 Å². The molecule has 2 bridgehead atoms. The fourth-order valence-electron chi connectivity index (χ4n) is 1.91. The maximum absolute atomic E-state index is 10.9. The van der Waals surface area contributed by atoms with Crippen molar-refractivity contribution in [3.8, 4) is 0 Å². The summed E-state index contributed by atoms with van der Waals surface area (Å²) in [4.78, 5) is 13.1. The molecule has 0 aliphatic carbocycles. The Bertz CT molecular complexity index is 214. The molecule has 1 fully saturated rings. The highest BCUT2D eigenvalue weighted by atomic mass is 16.1. The number of nitrogens with zero attached hydrogens (tertiary/aromatic N) is 1. The molecule has 0 spiro atoms. The third kappa shape index (κ3) is 1.00. The summed E-state index contributed by atoms with van der Waals surface area (Å²) in [6.45, 7) is 2.20. The zero-order chi connectivity index (χ0) is 7.84. The van der Waals surface area contributed by atoms with Crippen molar-refractivity contribution in [3.63, 3.8) is 0 Å². The van der Waals surface area contributed by atoms with Crippen LogP contribution in [0, 0.1) is 5.92 Å². The first-order valence-electron chi connectivity index (χ1n) is 4.03. The molecule has 3 nitrogen and oxygen atoms in total. The van der Waals surface area contributed by atoms with Gasteiger partial charge in [0.05, 0.1) is 0 Å². The van der Waals surface area contributed by atoms with Crippen LogP contribution in [0.1, 0.15) is 12.8 Å². The summed E-state index contributed by atoms with van der Waals surface area (Å²) in [7, 11) is 0. The first-order chi connectivity index (χ1) is 5.27. The summed E-state index contributed by atoms with van der Waals surface area (Å²) in [5.41, 5.74) is 6.06. The van der Waals surface area contributed by atoms with E-state index in [0.29, 0.717) is 5.92 Å². The minimum atomic E-state index is -0.237. The van der Waals surface area contributed by atoms with Crippen LogP contribution in [0.25, 0.3) is 0 Å². The van der Waals surface area contributed by atoms with Crippen molar-refractivity contribution < 1.29 is 4.79 Å². The minimum Gasteiger partial charge on any atom is -0.377 e. The van der Waals surface area contributed by atoms with Gasteiger partial charge in [-0.15, -0.1) is 0 Å². The molecule has 0 radical (unpaired) electrons. The lowest BCUT2D eigenvalue weighted by atomic mass is 9.85. The van der Waals surface area contributed by atoms with Gasteiger partial charge in [0.1, 0.15) is 0 Å². The maximum Gasteiger partial charge on any atom is 0.246 e. The van der Waals surface area contributed by atoms with E-state index in [4.69, 9.17) is 5.73 Å². The van der Waals surface area contributed by atoms with Crippen LogP contribution in [0.15, 0.2) is 11.8 Å². The highest BCUT2D eigenvalue weighted by molar-refractivity contribution is 5.92. The monoisotopic (exact) mass is 152 g/mol. The van der Waals surface area contributed by atoms with E-state index in [1.165, 1.54) is 0 Å². The number of rotatable bonds is 1. The number of hydrogen-bond acceptors (Lipinski definition) is 2. The number of primary amides is 1. The van der Waals surface area contributed by atoms with E-state index in [9.17, 15) is 4.79 Å². The third-order valence-electron chi connectivity index (χ3n) is 2.58. The topological polar surface area (TPSA) is 46.3 Å². The number of hydrogen-bond donors (Lipinski definition) is 1. The minimum absolute atomic E-state index is 0.237. The predicted molar refractivity (Wildman–Crippen MR) is 41.6 cm³/mol. The van der Waals surface area contributed by atoms with Crippen molar-refractivity contribution in [2.24, 2.45) is 11.7 Å². The summed E-state index contributed by atoms with van der Waals surface area (Å²) in [6, 6.07) is 0. The second-order valence-corrected chi connectivity index (χ2v) is 3.26. The molecule has 0 unspecified atom stereocenters. The van der Waals surface area contributed by atoms with Crippen LogP contribution in [0.2, 0.25) is 0 Å². The highest BCUT2D eigenvalue weighted by Crippen LogP contribution is 2.30. The summed E-state index contributed by atoms with van der Waals surface area (Å²) in [6.07, 6.45) is 4.14. The van der Waals surface area contributed by atoms with Gasteiger partial charge in [-0.25, -0.2) is 0 Å². The Morgan fingerprint density at radius 2 is 2.18 bits per heavy atom. The van der Waals surface area contributed by atoms with E-state index >= 15 is 0 Å². The normalized spacial score (nSPS) is 23.6. The van der Waals surface area contributed by atoms with E-state index in [1.54, 1.807) is 0 Å². The molecule has 3 aliphatic rings. The van der Waals surface area contributed by atoms with Crippen LogP contribution in [0.5, 0.6) is 0 Å². The lowest BCUT2D eigenvalue weighted by Crippen LogP contribution is -2.39. The van der Waals surface area contributed by atoms with Crippen LogP contribution in [0.3, 0.4) is 0 Å². The van der Waals surface area contributed by atoms with Crippen molar-refractivity contribution in [1.82, 2.24) is 4.90 Å². The Hall–Kier alpha value is -0.990. The maximum atomic E-state index is 10.9. The van der Waals surface area contributed by atoms with Crippen molar-refractivity contribution >= 4 is 5.91 Å². The summed E-state index contributed by atoms with van der Waals surface area (Å²) in [5.74, 6) is 0.219. The van der Waals surface area contributed by atoms with Crippen LogP contribution >= 0.6 is 0 Å². The zero-order valence-corrected chi connectivity index (χ0v) is 6.42. The lowest BCUT2D eigenvalue weighted by Gasteiger charge is -2.37. The van der Waals surface area contributed by atoms with Crippen molar-refractivity contribution in [1.29, 1.82) is 0 Å². The van der Waals surface area contributed by atoms with Gasteiger partial charge in [-0.05, 0) is 18.8 Å². The summed E-state index contributed by atoms with van der Waals surface area (Å²) in [5, 5.41) is 0. The average molecular weight is 152 g/mol. The standard InChI is InChI=1S/C8H12N2O/c9-8(11)7-5-10-3-1-6(7)2-4-10/h5-6H,1-4H2,(H2,9,11). The lowest BCUT2D eigenvalue weighted by molar-refractivity contribution is -0.115. The van der Waals surface area contributed by atoms with Crippen LogP contribution in [-0.4, -0.2) is 23.9 Å². The molecule has 3 heterocycles. The van der Waals surface area contributed by atoms with Crippen molar-refractivity contribution in [3.05, 3.63) is 11.8 Å². The van der Waals surface area contributed by atoms with Gasteiger partial charge in [0.25, 0.3) is 0 Å². The fraction of sp³-hybridized carbons (Fsp3) is 0.625. The van der Waals surface area contributed by atoms with Gasteiger partial charge < -0.3 is 10.6 Å². The van der Waals surface area contributed by atoms with Gasteiger partial charge in [0, 0.05) is 24.9 Å². The third-order valence-corrected chi connectivity index (χ3v) is 2.58. The van der Waals surface area contributed by atoms with Gasteiger partial charge >= 0.3 is 0 Å². The molecule has 0 saturated carbocycles. The number of carbonyl (C=O) groups excluding carboxylic acids is 1.